The van der Waals surface area contributed by atoms with E-state index in [1.807, 2.05) is 18.2 Å². The van der Waals surface area contributed by atoms with Gasteiger partial charge < -0.3 is 10.1 Å². The first-order valence-electron chi connectivity index (χ1n) is 6.86. The molecule has 1 saturated carbocycles. The maximum atomic E-state index is 11.6. The highest BCUT2D eigenvalue weighted by atomic mass is 16.3. The average molecular weight is 271 g/mol. The van der Waals surface area contributed by atoms with Crippen LogP contribution in [0.4, 0.5) is 5.69 Å². The fourth-order valence-corrected chi connectivity index (χ4v) is 2.15. The van der Waals surface area contributed by atoms with Crippen LogP contribution in [0.3, 0.4) is 0 Å². The molecule has 0 radical (unpaired) electrons. The van der Waals surface area contributed by atoms with Gasteiger partial charge in [-0.2, -0.15) is 0 Å². The number of azo groups is 1. The zero-order valence-electron chi connectivity index (χ0n) is 11.6. The number of carbonyl (C=O) groups is 1. The van der Waals surface area contributed by atoms with E-state index in [0.717, 1.165) is 29.3 Å². The van der Waals surface area contributed by atoms with E-state index in [-0.39, 0.29) is 17.7 Å². The number of nitrogens with one attached hydrogen (secondary N) is 1. The lowest BCUT2D eigenvalue weighted by Crippen LogP contribution is -1.92. The number of H-pyrrole nitrogens is 1. The van der Waals surface area contributed by atoms with Crippen LogP contribution in [-0.4, -0.2) is 16.0 Å². The standard InChI is InChI=1S/C15H17N3O2/c1-8(2)10-5-6-12-11(7-10)13(15(20)16-12)17-18-14(19)9-3-4-9/h5-9,16,20H,3-4H2,1-2H3. The number of amides is 1. The fraction of sp³-hybridized carbons (Fsp3) is 0.400. The predicted octanol–water partition coefficient (Wildman–Crippen LogP) is 4.02. The Morgan fingerprint density at radius 2 is 2.15 bits per heavy atom. The van der Waals surface area contributed by atoms with Crippen LogP contribution in [-0.2, 0) is 4.79 Å². The molecule has 0 saturated heterocycles. The van der Waals surface area contributed by atoms with Crippen molar-refractivity contribution in [1.29, 1.82) is 0 Å². The third-order valence-corrected chi connectivity index (χ3v) is 3.62. The van der Waals surface area contributed by atoms with Crippen LogP contribution in [0.25, 0.3) is 10.9 Å². The Hall–Kier alpha value is -2.17. The summed E-state index contributed by atoms with van der Waals surface area (Å²) in [5, 5.41) is 18.4. The van der Waals surface area contributed by atoms with Gasteiger partial charge in [-0.05, 0) is 36.5 Å². The van der Waals surface area contributed by atoms with Gasteiger partial charge in [-0.3, -0.25) is 4.79 Å². The number of carbonyl (C=O) groups excluding carboxylic acids is 1. The largest absolute Gasteiger partial charge is 0.493 e. The maximum absolute atomic E-state index is 11.6. The van der Waals surface area contributed by atoms with Crippen molar-refractivity contribution in [3.63, 3.8) is 0 Å². The number of hydrogen-bond donors (Lipinski definition) is 2. The number of fused-ring (bicyclic) bond motifs is 1. The highest BCUT2D eigenvalue weighted by molar-refractivity contribution is 5.95. The summed E-state index contributed by atoms with van der Waals surface area (Å²) in [7, 11) is 0. The minimum absolute atomic E-state index is 0.0392. The van der Waals surface area contributed by atoms with E-state index in [0.29, 0.717) is 11.6 Å². The fourth-order valence-electron chi connectivity index (χ4n) is 2.15. The lowest BCUT2D eigenvalue weighted by atomic mass is 10.0. The second-order valence-electron chi connectivity index (χ2n) is 5.59. The number of benzene rings is 1. The zero-order valence-corrected chi connectivity index (χ0v) is 11.6. The van der Waals surface area contributed by atoms with Gasteiger partial charge in [0.05, 0.1) is 5.52 Å². The Labute approximate surface area is 116 Å². The van der Waals surface area contributed by atoms with Crippen molar-refractivity contribution < 1.29 is 9.90 Å². The second kappa shape index (κ2) is 4.74. The number of hydrogen-bond acceptors (Lipinski definition) is 3. The first kappa shape index (κ1) is 12.8. The summed E-state index contributed by atoms with van der Waals surface area (Å²) in [6.45, 7) is 4.21. The highest BCUT2D eigenvalue weighted by Crippen LogP contribution is 2.37. The Balaban J connectivity index is 2.01. The predicted molar refractivity (Wildman–Crippen MR) is 76.3 cm³/mol. The van der Waals surface area contributed by atoms with Gasteiger partial charge in [0, 0.05) is 11.3 Å². The van der Waals surface area contributed by atoms with Gasteiger partial charge in [-0.1, -0.05) is 19.9 Å². The molecule has 0 unspecified atom stereocenters. The molecule has 3 rings (SSSR count). The summed E-state index contributed by atoms with van der Waals surface area (Å²) in [5.41, 5.74) is 2.29. The summed E-state index contributed by atoms with van der Waals surface area (Å²) in [6, 6.07) is 5.90. The van der Waals surface area contributed by atoms with Crippen molar-refractivity contribution in [3.05, 3.63) is 23.8 Å². The van der Waals surface area contributed by atoms with E-state index in [2.05, 4.69) is 29.1 Å². The maximum Gasteiger partial charge on any atom is 0.267 e. The molecule has 2 N–H and O–H groups in total. The van der Waals surface area contributed by atoms with Crippen LogP contribution in [0.5, 0.6) is 5.88 Å². The monoisotopic (exact) mass is 271 g/mol. The highest BCUT2D eigenvalue weighted by Gasteiger charge is 2.29. The van der Waals surface area contributed by atoms with Crippen LogP contribution < -0.4 is 0 Å². The third-order valence-electron chi connectivity index (χ3n) is 3.62. The molecule has 1 aliphatic carbocycles. The first-order chi connectivity index (χ1) is 9.56. The number of nitrogens with zero attached hydrogens (tertiary/aromatic N) is 2. The number of aromatic hydroxyl groups is 1. The van der Waals surface area contributed by atoms with Crippen molar-refractivity contribution >= 4 is 22.5 Å². The van der Waals surface area contributed by atoms with Gasteiger partial charge in [0.1, 0.15) is 0 Å². The number of aromatic nitrogens is 1. The van der Waals surface area contributed by atoms with E-state index in [4.69, 9.17) is 0 Å². The van der Waals surface area contributed by atoms with Crippen LogP contribution in [0.2, 0.25) is 0 Å². The molecule has 1 aliphatic rings. The Bertz CT molecular complexity index is 696. The zero-order chi connectivity index (χ0) is 14.3. The lowest BCUT2D eigenvalue weighted by molar-refractivity contribution is -0.119. The molecular formula is C15H17N3O2. The molecule has 1 amide bonds. The van der Waals surface area contributed by atoms with Crippen molar-refractivity contribution in [2.75, 3.05) is 0 Å². The Morgan fingerprint density at radius 3 is 2.80 bits per heavy atom. The normalized spacial score (nSPS) is 15.6. The van der Waals surface area contributed by atoms with Gasteiger partial charge in [0.2, 0.25) is 5.88 Å². The minimum atomic E-state index is -0.196. The summed E-state index contributed by atoms with van der Waals surface area (Å²) in [4.78, 5) is 14.4. The Kier molecular flexibility index (Phi) is 3.04. The summed E-state index contributed by atoms with van der Waals surface area (Å²) < 4.78 is 0. The van der Waals surface area contributed by atoms with Crippen molar-refractivity contribution in [2.45, 2.75) is 32.6 Å². The summed E-state index contributed by atoms with van der Waals surface area (Å²) >= 11 is 0. The van der Waals surface area contributed by atoms with Gasteiger partial charge in [-0.15, -0.1) is 10.2 Å². The molecule has 5 nitrogen and oxygen atoms in total. The van der Waals surface area contributed by atoms with Crippen LogP contribution in [0.1, 0.15) is 38.2 Å². The van der Waals surface area contributed by atoms with Crippen LogP contribution in [0.15, 0.2) is 28.4 Å². The molecule has 5 heteroatoms. The van der Waals surface area contributed by atoms with Crippen molar-refractivity contribution in [2.24, 2.45) is 16.1 Å². The van der Waals surface area contributed by atoms with Gasteiger partial charge >= 0.3 is 0 Å². The first-order valence-corrected chi connectivity index (χ1v) is 6.86. The van der Waals surface area contributed by atoms with E-state index in [9.17, 15) is 9.90 Å². The average Bonchev–Trinajstić information content (AvgIpc) is 3.20. The molecule has 2 aromatic rings. The summed E-state index contributed by atoms with van der Waals surface area (Å²) in [6.07, 6.45) is 1.80. The van der Waals surface area contributed by atoms with Crippen LogP contribution in [0, 0.1) is 5.92 Å². The quantitative estimate of drug-likeness (QED) is 0.827. The number of rotatable bonds is 3. The molecule has 0 spiro atoms. The third kappa shape index (κ3) is 2.31. The molecule has 20 heavy (non-hydrogen) atoms. The molecular weight excluding hydrogens is 254 g/mol. The molecule has 1 fully saturated rings. The molecule has 0 bridgehead atoms. The topological polar surface area (TPSA) is 77.8 Å². The van der Waals surface area contributed by atoms with E-state index in [1.54, 1.807) is 0 Å². The second-order valence-corrected chi connectivity index (χ2v) is 5.59. The molecule has 0 aliphatic heterocycles. The smallest absolute Gasteiger partial charge is 0.267 e. The van der Waals surface area contributed by atoms with Gasteiger partial charge in [0.15, 0.2) is 5.69 Å². The van der Waals surface area contributed by atoms with Crippen LogP contribution >= 0.6 is 0 Å². The van der Waals surface area contributed by atoms with Gasteiger partial charge in [0.25, 0.3) is 5.91 Å². The van der Waals surface area contributed by atoms with E-state index < -0.39 is 0 Å². The lowest BCUT2D eigenvalue weighted by Gasteiger charge is -2.04. The van der Waals surface area contributed by atoms with Crippen molar-refractivity contribution in [1.82, 2.24) is 4.98 Å². The SMILES string of the molecule is CC(C)c1ccc2[nH]c(O)c(N=NC(=O)C3CC3)c2c1. The molecule has 1 aromatic heterocycles. The molecule has 0 atom stereocenters. The minimum Gasteiger partial charge on any atom is -0.493 e. The number of aromatic amines is 1. The molecule has 1 aromatic carbocycles. The Morgan fingerprint density at radius 1 is 1.40 bits per heavy atom. The van der Waals surface area contributed by atoms with Crippen molar-refractivity contribution in [3.8, 4) is 5.88 Å². The van der Waals surface area contributed by atoms with E-state index >= 15 is 0 Å². The van der Waals surface area contributed by atoms with Gasteiger partial charge in [-0.25, -0.2) is 0 Å². The molecule has 1 heterocycles. The molecule has 104 valence electrons. The van der Waals surface area contributed by atoms with E-state index in [1.165, 1.54) is 0 Å². The summed E-state index contributed by atoms with van der Waals surface area (Å²) in [5.74, 6) is 0.179.